The molecule has 0 saturated heterocycles. The number of anilines is 2. The number of nitrogens with zero attached hydrogens (tertiary/aromatic N) is 1. The van der Waals surface area contributed by atoms with Gasteiger partial charge in [-0.2, -0.15) is 0 Å². The maximum Gasteiger partial charge on any atom is 0.269 e. The molecule has 0 atom stereocenters. The molecule has 3 aromatic rings. The molecule has 0 amide bonds. The van der Waals surface area contributed by atoms with E-state index in [0.717, 1.165) is 30.3 Å². The molecule has 0 aromatic heterocycles. The summed E-state index contributed by atoms with van der Waals surface area (Å²) in [6.07, 6.45) is 0. The first-order valence-corrected chi connectivity index (χ1v) is 12.1. The van der Waals surface area contributed by atoms with Gasteiger partial charge in [0.25, 0.3) is 25.7 Å². The molecule has 0 saturated carbocycles. The number of hydrogen-bond acceptors (Lipinski definition) is 7. The van der Waals surface area contributed by atoms with E-state index in [-0.39, 0.29) is 37.6 Å². The number of nitrogens with one attached hydrogen (secondary N) is 2. The van der Waals surface area contributed by atoms with Crippen molar-refractivity contribution in [3.8, 4) is 5.75 Å². The molecule has 0 unspecified atom stereocenters. The summed E-state index contributed by atoms with van der Waals surface area (Å²) in [4.78, 5) is 9.48. The number of rotatable bonds is 8. The molecule has 3 aromatic carbocycles. The number of halogens is 1. The molecule has 0 aliphatic rings. The van der Waals surface area contributed by atoms with Gasteiger partial charge >= 0.3 is 0 Å². The molecule has 0 bridgehead atoms. The highest BCUT2D eigenvalue weighted by Crippen LogP contribution is 2.31. The molecule has 13 heteroatoms. The summed E-state index contributed by atoms with van der Waals surface area (Å²) in [6, 6.07) is 14.1. The summed E-state index contributed by atoms with van der Waals surface area (Å²) < 4.78 is 60.7. The number of hydrogen-bond donors (Lipinski definition) is 2. The Morgan fingerprint density at radius 3 is 2.19 bits per heavy atom. The zero-order valence-corrected chi connectivity index (χ0v) is 18.7. The third-order valence-corrected chi connectivity index (χ3v) is 7.43. The minimum Gasteiger partial charge on any atom is -0.495 e. The average Bonchev–Trinajstić information content (AvgIpc) is 2.75. The van der Waals surface area contributed by atoms with Gasteiger partial charge in [0.1, 0.15) is 10.6 Å². The van der Waals surface area contributed by atoms with Gasteiger partial charge < -0.3 is 4.74 Å². The minimum atomic E-state index is -4.21. The topological polar surface area (TPSA) is 145 Å². The highest BCUT2D eigenvalue weighted by molar-refractivity contribution is 7.93. The van der Waals surface area contributed by atoms with E-state index in [9.17, 15) is 26.9 Å². The van der Waals surface area contributed by atoms with Crippen molar-refractivity contribution in [2.24, 2.45) is 0 Å². The normalized spacial score (nSPS) is 11.6. The van der Waals surface area contributed by atoms with E-state index >= 15 is 0 Å². The number of nitro benzene ring substituents is 1. The Kier molecular flexibility index (Phi) is 6.57. The maximum atomic E-state index is 12.9. The molecular formula is C19H16ClN3O7S2. The van der Waals surface area contributed by atoms with Gasteiger partial charge in [-0.1, -0.05) is 23.7 Å². The predicted molar refractivity (Wildman–Crippen MR) is 119 cm³/mol. The van der Waals surface area contributed by atoms with Crippen LogP contribution in [0.15, 0.2) is 76.5 Å². The van der Waals surface area contributed by atoms with Crippen LogP contribution in [0.2, 0.25) is 5.02 Å². The van der Waals surface area contributed by atoms with Gasteiger partial charge in [0, 0.05) is 12.1 Å². The smallest absolute Gasteiger partial charge is 0.269 e. The molecule has 0 fully saturated rings. The fourth-order valence-electron chi connectivity index (χ4n) is 2.66. The quantitative estimate of drug-likeness (QED) is 0.355. The van der Waals surface area contributed by atoms with Crippen molar-refractivity contribution in [3.05, 3.63) is 81.9 Å². The number of non-ortho nitro benzene ring substituents is 1. The highest BCUT2D eigenvalue weighted by Gasteiger charge is 2.22. The summed E-state index contributed by atoms with van der Waals surface area (Å²) in [7, 11) is -6.97. The van der Waals surface area contributed by atoms with E-state index in [1.165, 1.54) is 25.3 Å². The zero-order chi connectivity index (χ0) is 23.5. The monoisotopic (exact) mass is 497 g/mol. The van der Waals surface area contributed by atoms with Crippen molar-refractivity contribution in [2.45, 2.75) is 9.79 Å². The molecule has 168 valence electrons. The van der Waals surface area contributed by atoms with Crippen molar-refractivity contribution in [1.29, 1.82) is 0 Å². The molecule has 2 N–H and O–H groups in total. The minimum absolute atomic E-state index is 0.0758. The SMILES string of the molecule is COc1ccccc1NS(=O)(=O)c1cc(NS(=O)(=O)c2ccc([N+](=O)[O-])cc2)ccc1Cl. The van der Waals surface area contributed by atoms with Gasteiger partial charge in [-0.05, 0) is 42.5 Å². The van der Waals surface area contributed by atoms with Crippen LogP contribution >= 0.6 is 11.6 Å². The summed E-state index contributed by atoms with van der Waals surface area (Å²) in [5.41, 5.74) is -0.178. The molecule has 10 nitrogen and oxygen atoms in total. The Hall–Kier alpha value is -3.35. The Balaban J connectivity index is 1.92. The van der Waals surface area contributed by atoms with Crippen LogP contribution in [0.4, 0.5) is 17.1 Å². The Labute approximate surface area is 189 Å². The third-order valence-electron chi connectivity index (χ3n) is 4.18. The second-order valence-electron chi connectivity index (χ2n) is 6.31. The number of nitro groups is 1. The molecule has 0 aliphatic carbocycles. The summed E-state index contributed by atoms with van der Waals surface area (Å²) in [5.74, 6) is 0.280. The lowest BCUT2D eigenvalue weighted by molar-refractivity contribution is -0.384. The molecule has 0 radical (unpaired) electrons. The van der Waals surface area contributed by atoms with Gasteiger partial charge in [0.15, 0.2) is 0 Å². The van der Waals surface area contributed by atoms with Crippen molar-refractivity contribution >= 4 is 48.7 Å². The second-order valence-corrected chi connectivity index (χ2v) is 10.0. The average molecular weight is 498 g/mol. The summed E-state index contributed by atoms with van der Waals surface area (Å²) >= 11 is 6.06. The van der Waals surface area contributed by atoms with E-state index in [0.29, 0.717) is 0 Å². The fraction of sp³-hybridized carbons (Fsp3) is 0.0526. The zero-order valence-electron chi connectivity index (χ0n) is 16.4. The van der Waals surface area contributed by atoms with E-state index in [1.807, 2.05) is 0 Å². The van der Waals surface area contributed by atoms with Crippen LogP contribution in [-0.4, -0.2) is 28.9 Å². The van der Waals surface area contributed by atoms with Crippen LogP contribution < -0.4 is 14.2 Å². The Morgan fingerprint density at radius 1 is 0.906 bits per heavy atom. The van der Waals surface area contributed by atoms with Crippen molar-refractivity contribution < 1.29 is 26.5 Å². The van der Waals surface area contributed by atoms with E-state index in [4.69, 9.17) is 16.3 Å². The van der Waals surface area contributed by atoms with Gasteiger partial charge in [-0.3, -0.25) is 19.6 Å². The van der Waals surface area contributed by atoms with E-state index in [2.05, 4.69) is 9.44 Å². The lowest BCUT2D eigenvalue weighted by atomic mass is 10.3. The number of ether oxygens (including phenoxy) is 1. The lowest BCUT2D eigenvalue weighted by Gasteiger charge is -2.14. The molecule has 32 heavy (non-hydrogen) atoms. The van der Waals surface area contributed by atoms with Crippen LogP contribution in [0.5, 0.6) is 5.75 Å². The predicted octanol–water partition coefficient (Wildman–Crippen LogP) is 3.86. The van der Waals surface area contributed by atoms with Crippen LogP contribution in [0.1, 0.15) is 0 Å². The number of para-hydroxylation sites is 2. The van der Waals surface area contributed by atoms with Gasteiger partial charge in [-0.15, -0.1) is 0 Å². The van der Waals surface area contributed by atoms with E-state index < -0.39 is 25.0 Å². The van der Waals surface area contributed by atoms with Crippen molar-refractivity contribution in [1.82, 2.24) is 0 Å². The van der Waals surface area contributed by atoms with Crippen LogP contribution in [0, 0.1) is 10.1 Å². The van der Waals surface area contributed by atoms with Crippen LogP contribution in [0.3, 0.4) is 0 Å². The van der Waals surface area contributed by atoms with Gasteiger partial charge in [0.2, 0.25) is 0 Å². The van der Waals surface area contributed by atoms with E-state index in [1.54, 1.807) is 18.2 Å². The largest absolute Gasteiger partial charge is 0.495 e. The number of sulfonamides is 2. The Morgan fingerprint density at radius 2 is 1.56 bits per heavy atom. The third kappa shape index (κ3) is 5.10. The summed E-state index contributed by atoms with van der Waals surface area (Å²) in [6.45, 7) is 0. The molecule has 0 aliphatic heterocycles. The summed E-state index contributed by atoms with van der Waals surface area (Å²) in [5, 5.41) is 10.6. The van der Waals surface area contributed by atoms with Crippen molar-refractivity contribution in [2.75, 3.05) is 16.6 Å². The molecule has 3 rings (SSSR count). The lowest BCUT2D eigenvalue weighted by Crippen LogP contribution is -2.16. The first-order chi connectivity index (χ1) is 15.0. The van der Waals surface area contributed by atoms with Crippen LogP contribution in [0.25, 0.3) is 0 Å². The van der Waals surface area contributed by atoms with Gasteiger partial charge in [0.05, 0.1) is 33.3 Å². The highest BCUT2D eigenvalue weighted by atomic mass is 35.5. The second kappa shape index (κ2) is 9.02. The molecular weight excluding hydrogens is 482 g/mol. The van der Waals surface area contributed by atoms with Crippen molar-refractivity contribution in [3.63, 3.8) is 0 Å². The fourth-order valence-corrected chi connectivity index (χ4v) is 5.31. The number of methoxy groups -OCH3 is 1. The first-order valence-electron chi connectivity index (χ1n) is 8.76. The van der Waals surface area contributed by atoms with Gasteiger partial charge in [-0.25, -0.2) is 16.8 Å². The molecule has 0 heterocycles. The first kappa shape index (κ1) is 23.3. The van der Waals surface area contributed by atoms with Crippen LogP contribution in [-0.2, 0) is 20.0 Å². The Bertz CT molecular complexity index is 1380. The molecule has 0 spiro atoms. The maximum absolute atomic E-state index is 12.9. The number of benzene rings is 3. The standard InChI is InChI=1S/C19H16ClN3O7S2/c1-30-18-5-3-2-4-17(18)22-32(28,29)19-12-13(6-11-16(19)20)21-31(26,27)15-9-7-14(8-10-15)23(24)25/h2-12,21-22H,1H3.